The first-order valence-electron chi connectivity index (χ1n) is 8.81. The van der Waals surface area contributed by atoms with Crippen LogP contribution < -0.4 is 4.74 Å². The number of fused-ring (bicyclic) bond motifs is 1. The maximum atomic E-state index is 13.5. The molecule has 0 saturated heterocycles. The highest BCUT2D eigenvalue weighted by molar-refractivity contribution is 6.03. The van der Waals surface area contributed by atoms with Crippen LogP contribution >= 0.6 is 0 Å². The predicted octanol–water partition coefficient (Wildman–Crippen LogP) is 6.30. The van der Waals surface area contributed by atoms with Gasteiger partial charge in [0.25, 0.3) is 0 Å². The summed E-state index contributed by atoms with van der Waals surface area (Å²) in [5.74, 6) is 0.695. The number of nitrogens with zero attached hydrogens (tertiary/aromatic N) is 1. The van der Waals surface area contributed by atoms with Gasteiger partial charge in [-0.05, 0) is 41.5 Å². The van der Waals surface area contributed by atoms with Gasteiger partial charge in [0.05, 0.1) is 18.2 Å². The van der Waals surface area contributed by atoms with Crippen LogP contribution in [0.25, 0.3) is 33.2 Å². The molecule has 6 heteroatoms. The molecule has 4 aromatic rings. The highest BCUT2D eigenvalue weighted by Gasteiger charge is 2.33. The molecule has 0 aliphatic rings. The van der Waals surface area contributed by atoms with E-state index in [1.54, 1.807) is 37.4 Å². The van der Waals surface area contributed by atoms with Crippen LogP contribution in [-0.2, 0) is 6.18 Å². The Labute approximate surface area is 165 Å². The summed E-state index contributed by atoms with van der Waals surface area (Å²) in [4.78, 5) is 4.16. The molecule has 0 amide bonds. The second-order valence-electron chi connectivity index (χ2n) is 6.53. The number of phenols is 1. The molecule has 3 aromatic carbocycles. The predicted molar refractivity (Wildman–Crippen MR) is 106 cm³/mol. The lowest BCUT2D eigenvalue weighted by Gasteiger charge is -2.16. The maximum absolute atomic E-state index is 13.5. The van der Waals surface area contributed by atoms with E-state index in [4.69, 9.17) is 4.74 Å². The third kappa shape index (κ3) is 3.49. The van der Waals surface area contributed by atoms with Gasteiger partial charge in [-0.1, -0.05) is 36.4 Å². The van der Waals surface area contributed by atoms with E-state index in [1.807, 2.05) is 12.1 Å². The molecule has 3 nitrogen and oxygen atoms in total. The summed E-state index contributed by atoms with van der Waals surface area (Å²) in [6, 6.07) is 17.7. The summed E-state index contributed by atoms with van der Waals surface area (Å²) < 4.78 is 45.8. The van der Waals surface area contributed by atoms with Crippen molar-refractivity contribution in [2.75, 3.05) is 7.11 Å². The van der Waals surface area contributed by atoms with E-state index in [1.165, 1.54) is 24.4 Å². The Balaban J connectivity index is 2.07. The van der Waals surface area contributed by atoms with Crippen molar-refractivity contribution in [2.24, 2.45) is 0 Å². The van der Waals surface area contributed by atoms with Gasteiger partial charge in [-0.25, -0.2) is 0 Å². The number of aromatic nitrogens is 1. The van der Waals surface area contributed by atoms with Crippen molar-refractivity contribution in [3.05, 3.63) is 78.5 Å². The average molecular weight is 395 g/mol. The van der Waals surface area contributed by atoms with E-state index in [0.29, 0.717) is 27.8 Å². The van der Waals surface area contributed by atoms with Crippen LogP contribution in [0.15, 0.2) is 72.9 Å². The summed E-state index contributed by atoms with van der Waals surface area (Å²) >= 11 is 0. The molecular weight excluding hydrogens is 379 g/mol. The lowest BCUT2D eigenvalue weighted by Crippen LogP contribution is -2.07. The molecule has 0 aliphatic carbocycles. The van der Waals surface area contributed by atoms with E-state index >= 15 is 0 Å². The van der Waals surface area contributed by atoms with E-state index in [2.05, 4.69) is 4.98 Å². The number of para-hydroxylation sites is 1. The summed E-state index contributed by atoms with van der Waals surface area (Å²) in [6.45, 7) is 0. The molecule has 0 radical (unpaired) electrons. The van der Waals surface area contributed by atoms with Crippen molar-refractivity contribution >= 4 is 10.9 Å². The highest BCUT2D eigenvalue weighted by atomic mass is 19.4. The smallest absolute Gasteiger partial charge is 0.418 e. The van der Waals surface area contributed by atoms with E-state index in [-0.39, 0.29) is 11.3 Å². The van der Waals surface area contributed by atoms with Gasteiger partial charge in [0.1, 0.15) is 11.5 Å². The normalized spacial score (nSPS) is 11.6. The zero-order chi connectivity index (χ0) is 20.6. The molecule has 4 rings (SSSR count). The number of phenolic OH excluding ortho intramolecular Hbond substituents is 1. The minimum atomic E-state index is -4.52. The molecule has 29 heavy (non-hydrogen) atoms. The van der Waals surface area contributed by atoms with E-state index < -0.39 is 11.7 Å². The number of pyridine rings is 1. The fourth-order valence-electron chi connectivity index (χ4n) is 3.41. The number of hydrogen-bond donors (Lipinski definition) is 1. The van der Waals surface area contributed by atoms with Gasteiger partial charge in [0, 0.05) is 22.7 Å². The van der Waals surface area contributed by atoms with Gasteiger partial charge in [-0.15, -0.1) is 0 Å². The van der Waals surface area contributed by atoms with Crippen molar-refractivity contribution < 1.29 is 23.0 Å². The number of rotatable bonds is 3. The van der Waals surface area contributed by atoms with Crippen LogP contribution in [0.5, 0.6) is 11.5 Å². The summed E-state index contributed by atoms with van der Waals surface area (Å²) in [6.07, 6.45) is -3.08. The first kappa shape index (κ1) is 18.8. The monoisotopic (exact) mass is 395 g/mol. The Bertz CT molecular complexity index is 1190. The zero-order valence-electron chi connectivity index (χ0n) is 15.4. The highest BCUT2D eigenvalue weighted by Crippen LogP contribution is 2.42. The first-order chi connectivity index (χ1) is 13.9. The van der Waals surface area contributed by atoms with Gasteiger partial charge in [-0.3, -0.25) is 4.98 Å². The van der Waals surface area contributed by atoms with Crippen molar-refractivity contribution in [1.82, 2.24) is 4.98 Å². The molecule has 0 spiro atoms. The molecule has 1 N–H and O–H groups in total. The van der Waals surface area contributed by atoms with Gasteiger partial charge >= 0.3 is 6.18 Å². The average Bonchev–Trinajstić information content (AvgIpc) is 2.72. The number of aromatic hydroxyl groups is 1. The lowest BCUT2D eigenvalue weighted by molar-refractivity contribution is -0.136. The van der Waals surface area contributed by atoms with Crippen LogP contribution in [0, 0.1) is 0 Å². The molecule has 1 aromatic heterocycles. The molecule has 1 heterocycles. The minimum Gasteiger partial charge on any atom is -0.508 e. The largest absolute Gasteiger partial charge is 0.508 e. The third-order valence-corrected chi connectivity index (χ3v) is 4.74. The summed E-state index contributed by atoms with van der Waals surface area (Å²) in [5.41, 5.74) is 1.68. The van der Waals surface area contributed by atoms with Crippen molar-refractivity contribution in [2.45, 2.75) is 6.18 Å². The van der Waals surface area contributed by atoms with Crippen LogP contribution in [-0.4, -0.2) is 17.2 Å². The third-order valence-electron chi connectivity index (χ3n) is 4.74. The standard InChI is InChI=1S/C23H16F3NO2/c1-29-17-10-8-14(9-11-17)19-13-27-22-18(6-3-7-20(22)23(24,25)26)21(19)15-4-2-5-16(28)12-15/h2-13,28H,1H3. The molecule has 0 unspecified atom stereocenters. The van der Waals surface area contributed by atoms with Crippen molar-refractivity contribution in [3.63, 3.8) is 0 Å². The van der Waals surface area contributed by atoms with E-state index in [9.17, 15) is 18.3 Å². The lowest BCUT2D eigenvalue weighted by atomic mass is 9.91. The van der Waals surface area contributed by atoms with Crippen LogP contribution in [0.4, 0.5) is 13.2 Å². The fraction of sp³-hybridized carbons (Fsp3) is 0.0870. The van der Waals surface area contributed by atoms with Crippen LogP contribution in [0.1, 0.15) is 5.56 Å². The number of benzene rings is 3. The number of methoxy groups -OCH3 is 1. The van der Waals surface area contributed by atoms with Gasteiger partial charge < -0.3 is 9.84 Å². The van der Waals surface area contributed by atoms with Crippen molar-refractivity contribution in [3.8, 4) is 33.8 Å². The Morgan fingerprint density at radius 3 is 2.28 bits per heavy atom. The van der Waals surface area contributed by atoms with Crippen LogP contribution in [0.3, 0.4) is 0 Å². The van der Waals surface area contributed by atoms with Gasteiger partial charge in [-0.2, -0.15) is 13.2 Å². The molecular formula is C23H16F3NO2. The Morgan fingerprint density at radius 2 is 1.62 bits per heavy atom. The number of halogens is 3. The number of hydrogen-bond acceptors (Lipinski definition) is 3. The molecule has 0 fully saturated rings. The molecule has 0 aliphatic heterocycles. The zero-order valence-corrected chi connectivity index (χ0v) is 15.4. The minimum absolute atomic E-state index is 0.0279. The summed E-state index contributed by atoms with van der Waals surface area (Å²) in [5, 5.41) is 10.3. The van der Waals surface area contributed by atoms with E-state index in [0.717, 1.165) is 11.6 Å². The SMILES string of the molecule is COc1ccc(-c2cnc3c(C(F)(F)F)cccc3c2-c2cccc(O)c2)cc1. The molecule has 0 bridgehead atoms. The second-order valence-corrected chi connectivity index (χ2v) is 6.53. The van der Waals surface area contributed by atoms with Gasteiger partial charge in [0.2, 0.25) is 0 Å². The quantitative estimate of drug-likeness (QED) is 0.443. The molecule has 0 saturated carbocycles. The van der Waals surface area contributed by atoms with Crippen LogP contribution in [0.2, 0.25) is 0 Å². The van der Waals surface area contributed by atoms with Crippen molar-refractivity contribution in [1.29, 1.82) is 0 Å². The number of alkyl halides is 3. The Morgan fingerprint density at radius 1 is 0.897 bits per heavy atom. The topological polar surface area (TPSA) is 42.4 Å². The summed E-state index contributed by atoms with van der Waals surface area (Å²) in [7, 11) is 1.56. The maximum Gasteiger partial charge on any atom is 0.418 e. The molecule has 0 atom stereocenters. The second kappa shape index (κ2) is 7.13. The number of ether oxygens (including phenoxy) is 1. The Kier molecular flexibility index (Phi) is 4.62. The first-order valence-corrected chi connectivity index (χ1v) is 8.81. The molecule has 146 valence electrons. The fourth-order valence-corrected chi connectivity index (χ4v) is 3.41. The van der Waals surface area contributed by atoms with Gasteiger partial charge in [0.15, 0.2) is 0 Å². The Hall–Kier alpha value is -3.54.